The number of halogens is 1. The number of hydrogen-bond donors (Lipinski definition) is 2. The number of fused-ring (bicyclic) bond motifs is 1. The van der Waals surface area contributed by atoms with Gasteiger partial charge >= 0.3 is 0 Å². The molecule has 2 heterocycles. The first-order valence-corrected chi connectivity index (χ1v) is 11.4. The highest BCUT2D eigenvalue weighted by Crippen LogP contribution is 2.36. The summed E-state index contributed by atoms with van der Waals surface area (Å²) in [5.74, 6) is 1.63. The minimum absolute atomic E-state index is 0.0773. The maximum atomic E-state index is 12.1. The molecule has 0 aliphatic carbocycles. The first kappa shape index (κ1) is 18.8. The van der Waals surface area contributed by atoms with E-state index in [2.05, 4.69) is 32.6 Å². The summed E-state index contributed by atoms with van der Waals surface area (Å²) in [5, 5.41) is 5.40. The van der Waals surface area contributed by atoms with E-state index in [0.717, 1.165) is 25.9 Å². The van der Waals surface area contributed by atoms with Gasteiger partial charge in [-0.3, -0.25) is 9.59 Å². The maximum Gasteiger partial charge on any atom is 0.238 e. The van der Waals surface area contributed by atoms with Crippen LogP contribution in [0.4, 0.5) is 5.69 Å². The molecule has 0 bridgehead atoms. The van der Waals surface area contributed by atoms with E-state index >= 15 is 0 Å². The van der Waals surface area contributed by atoms with E-state index in [9.17, 15) is 9.59 Å². The molecule has 3 rings (SSSR count). The molecule has 0 saturated carbocycles. The molecule has 4 nitrogen and oxygen atoms in total. The smallest absolute Gasteiger partial charge is 0.238 e. The van der Waals surface area contributed by atoms with E-state index in [0.29, 0.717) is 6.54 Å². The first-order valence-electron chi connectivity index (χ1n) is 7.77. The number of hydrogen-bond acceptors (Lipinski definition) is 5. The van der Waals surface area contributed by atoms with Gasteiger partial charge in [0.1, 0.15) is 0 Å². The summed E-state index contributed by atoms with van der Waals surface area (Å²) in [6, 6.07) is 11.8. The second-order valence-corrected chi connectivity index (χ2v) is 10.3. The molecular formula is C17H17BrN2O2S3. The van der Waals surface area contributed by atoms with Crippen LogP contribution in [0.1, 0.15) is 11.3 Å². The average Bonchev–Trinajstić information content (AvgIpc) is 3.00. The zero-order valence-corrected chi connectivity index (χ0v) is 17.3. The van der Waals surface area contributed by atoms with Crippen LogP contribution in [0.25, 0.3) is 0 Å². The number of thioether (sulfide) groups is 2. The minimum atomic E-state index is -0.369. The van der Waals surface area contributed by atoms with E-state index in [1.165, 1.54) is 16.6 Å². The third kappa shape index (κ3) is 5.51. The third-order valence-corrected chi connectivity index (χ3v) is 7.61. The Bertz CT molecular complexity index is 766. The predicted molar refractivity (Wildman–Crippen MR) is 111 cm³/mol. The van der Waals surface area contributed by atoms with E-state index < -0.39 is 0 Å². The summed E-state index contributed by atoms with van der Waals surface area (Å²) in [5.41, 5.74) is 0.825. The number of rotatable bonds is 7. The highest BCUT2D eigenvalue weighted by molar-refractivity contribution is 9.11. The third-order valence-electron chi connectivity index (χ3n) is 3.52. The van der Waals surface area contributed by atoms with Crippen molar-refractivity contribution in [3.8, 4) is 0 Å². The van der Waals surface area contributed by atoms with Crippen molar-refractivity contribution in [1.29, 1.82) is 0 Å². The van der Waals surface area contributed by atoms with Crippen LogP contribution in [0.15, 0.2) is 45.1 Å². The number of carbonyl (C=O) groups excluding carboxylic acids is 2. The number of nitrogens with one attached hydrogen (secondary N) is 2. The standard InChI is InChI=1S/C17H17BrN2O2S3/c18-15-6-5-11(24-15)10-23-8-7-19-16(21)9-14-17(22)20-12-3-1-2-4-13(12)25-14/h1-6,14H,7-10H2,(H,19,21)(H,20,22). The Morgan fingerprint density at radius 1 is 1.28 bits per heavy atom. The number of carbonyl (C=O) groups is 2. The molecule has 132 valence electrons. The lowest BCUT2D eigenvalue weighted by Crippen LogP contribution is -2.35. The molecule has 2 amide bonds. The van der Waals surface area contributed by atoms with Gasteiger partial charge in [-0.05, 0) is 40.2 Å². The molecule has 1 aromatic heterocycles. The normalized spacial score (nSPS) is 16.2. The molecular weight excluding hydrogens is 440 g/mol. The lowest BCUT2D eigenvalue weighted by Gasteiger charge is -2.23. The van der Waals surface area contributed by atoms with Crippen molar-refractivity contribution < 1.29 is 9.59 Å². The molecule has 0 spiro atoms. The Hall–Kier alpha value is -0.960. The van der Waals surface area contributed by atoms with Crippen LogP contribution in [0, 0.1) is 0 Å². The van der Waals surface area contributed by atoms with Crippen LogP contribution < -0.4 is 10.6 Å². The summed E-state index contributed by atoms with van der Waals surface area (Å²) < 4.78 is 1.14. The molecule has 0 radical (unpaired) electrons. The summed E-state index contributed by atoms with van der Waals surface area (Å²) in [7, 11) is 0. The molecule has 0 fully saturated rings. The fourth-order valence-electron chi connectivity index (χ4n) is 2.33. The highest BCUT2D eigenvalue weighted by atomic mass is 79.9. The van der Waals surface area contributed by atoms with Crippen molar-refractivity contribution in [2.45, 2.75) is 22.3 Å². The van der Waals surface area contributed by atoms with Crippen molar-refractivity contribution in [3.05, 3.63) is 45.1 Å². The van der Waals surface area contributed by atoms with Gasteiger partial charge < -0.3 is 10.6 Å². The Labute approximate surface area is 167 Å². The summed E-state index contributed by atoms with van der Waals surface area (Å²) >= 11 is 8.43. The molecule has 1 atom stereocenters. The second kappa shape index (κ2) is 9.12. The van der Waals surface area contributed by atoms with Gasteiger partial charge in [0.15, 0.2) is 0 Å². The van der Waals surface area contributed by atoms with Gasteiger partial charge in [0.25, 0.3) is 0 Å². The number of para-hydroxylation sites is 1. The molecule has 1 aromatic carbocycles. The van der Waals surface area contributed by atoms with Crippen molar-refractivity contribution in [1.82, 2.24) is 5.32 Å². The van der Waals surface area contributed by atoms with Crippen LogP contribution in [0.5, 0.6) is 0 Å². The molecule has 1 aliphatic rings. The Kier molecular flexibility index (Phi) is 6.86. The molecule has 1 unspecified atom stereocenters. The Morgan fingerprint density at radius 3 is 2.92 bits per heavy atom. The Morgan fingerprint density at radius 2 is 2.12 bits per heavy atom. The van der Waals surface area contributed by atoms with Crippen LogP contribution in [-0.2, 0) is 15.3 Å². The van der Waals surface area contributed by atoms with E-state index in [-0.39, 0.29) is 23.5 Å². The van der Waals surface area contributed by atoms with E-state index in [4.69, 9.17) is 0 Å². The Balaban J connectivity index is 1.37. The number of benzene rings is 1. The van der Waals surface area contributed by atoms with Crippen molar-refractivity contribution in [2.24, 2.45) is 0 Å². The van der Waals surface area contributed by atoms with Crippen molar-refractivity contribution >= 4 is 68.3 Å². The maximum absolute atomic E-state index is 12.1. The van der Waals surface area contributed by atoms with Gasteiger partial charge in [-0.25, -0.2) is 0 Å². The first-order chi connectivity index (χ1) is 12.1. The minimum Gasteiger partial charge on any atom is -0.355 e. The van der Waals surface area contributed by atoms with Crippen LogP contribution >= 0.6 is 50.8 Å². The average molecular weight is 457 g/mol. The lowest BCUT2D eigenvalue weighted by atomic mass is 10.2. The van der Waals surface area contributed by atoms with Gasteiger partial charge in [0.05, 0.1) is 14.7 Å². The second-order valence-electron chi connectivity index (χ2n) is 5.40. The topological polar surface area (TPSA) is 58.2 Å². The summed E-state index contributed by atoms with van der Waals surface area (Å²) in [6.07, 6.45) is 0.202. The van der Waals surface area contributed by atoms with Gasteiger partial charge in [-0.2, -0.15) is 11.8 Å². The summed E-state index contributed by atoms with van der Waals surface area (Å²) in [6.45, 7) is 0.617. The predicted octanol–water partition coefficient (Wildman–Crippen LogP) is 4.36. The molecule has 2 aromatic rings. The fourth-order valence-corrected chi connectivity index (χ4v) is 5.90. The fraction of sp³-hybridized carbons (Fsp3) is 0.294. The zero-order valence-electron chi connectivity index (χ0n) is 13.3. The van der Waals surface area contributed by atoms with E-state index in [1.54, 1.807) is 23.1 Å². The molecule has 2 N–H and O–H groups in total. The molecule has 8 heteroatoms. The quantitative estimate of drug-likeness (QED) is 0.607. The van der Waals surface area contributed by atoms with E-state index in [1.807, 2.05) is 30.3 Å². The summed E-state index contributed by atoms with van der Waals surface area (Å²) in [4.78, 5) is 26.5. The molecule has 0 saturated heterocycles. The van der Waals surface area contributed by atoms with Crippen LogP contribution in [0.3, 0.4) is 0 Å². The van der Waals surface area contributed by atoms with Crippen molar-refractivity contribution in [3.63, 3.8) is 0 Å². The van der Waals surface area contributed by atoms with Gasteiger partial charge in [0.2, 0.25) is 11.8 Å². The lowest BCUT2D eigenvalue weighted by molar-refractivity contribution is -0.123. The largest absolute Gasteiger partial charge is 0.355 e. The van der Waals surface area contributed by atoms with Gasteiger partial charge in [0, 0.05) is 34.2 Å². The van der Waals surface area contributed by atoms with Gasteiger partial charge in [-0.15, -0.1) is 23.1 Å². The number of anilines is 1. The molecule has 1 aliphatic heterocycles. The zero-order chi connectivity index (χ0) is 17.6. The van der Waals surface area contributed by atoms with Crippen LogP contribution in [0.2, 0.25) is 0 Å². The highest BCUT2D eigenvalue weighted by Gasteiger charge is 2.28. The molecule has 25 heavy (non-hydrogen) atoms. The number of amides is 2. The van der Waals surface area contributed by atoms with Gasteiger partial charge in [-0.1, -0.05) is 12.1 Å². The monoisotopic (exact) mass is 456 g/mol. The number of thiophene rings is 1. The SMILES string of the molecule is O=C(CC1Sc2ccccc2NC1=O)NCCSCc1ccc(Br)s1. The van der Waals surface area contributed by atoms with Crippen LogP contribution in [-0.4, -0.2) is 29.4 Å². The van der Waals surface area contributed by atoms with Crippen molar-refractivity contribution in [2.75, 3.05) is 17.6 Å².